The van der Waals surface area contributed by atoms with Gasteiger partial charge in [0, 0.05) is 0 Å². The van der Waals surface area contributed by atoms with E-state index in [2.05, 4.69) is 15.9 Å². The molecule has 0 aromatic heterocycles. The molecule has 3 rings (SSSR count). The Morgan fingerprint density at radius 1 is 1.00 bits per heavy atom. The van der Waals surface area contributed by atoms with Crippen molar-refractivity contribution < 1.29 is 9.47 Å². The van der Waals surface area contributed by atoms with Crippen LogP contribution in [-0.4, -0.2) is 12.2 Å². The van der Waals surface area contributed by atoms with Crippen molar-refractivity contribution >= 4 is 15.9 Å². The highest BCUT2D eigenvalue weighted by molar-refractivity contribution is 9.11. The van der Waals surface area contributed by atoms with E-state index in [1.54, 1.807) is 0 Å². The quantitative estimate of drug-likeness (QED) is 0.680. The van der Waals surface area contributed by atoms with Crippen molar-refractivity contribution in [3.05, 3.63) is 70.7 Å². The first kappa shape index (κ1) is 10.8. The van der Waals surface area contributed by atoms with Gasteiger partial charge < -0.3 is 9.47 Å². The summed E-state index contributed by atoms with van der Waals surface area (Å²) in [6.07, 6.45) is 17.7. The van der Waals surface area contributed by atoms with Gasteiger partial charge in [0.1, 0.15) is 11.5 Å². The van der Waals surface area contributed by atoms with Crippen LogP contribution in [0.1, 0.15) is 0 Å². The SMILES string of the molecule is BrC1=CC=C/C2=C/C3C=CC=CC(/C=C\1O2)O3. The minimum absolute atomic E-state index is 0.0516. The van der Waals surface area contributed by atoms with Crippen LogP contribution in [0.25, 0.3) is 0 Å². The summed E-state index contributed by atoms with van der Waals surface area (Å²) >= 11 is 3.49. The van der Waals surface area contributed by atoms with Gasteiger partial charge in [-0.25, -0.2) is 0 Å². The van der Waals surface area contributed by atoms with Gasteiger partial charge >= 0.3 is 0 Å². The van der Waals surface area contributed by atoms with E-state index in [-0.39, 0.29) is 12.2 Å². The van der Waals surface area contributed by atoms with Crippen molar-refractivity contribution in [2.75, 3.05) is 0 Å². The minimum atomic E-state index is -0.0677. The third-order valence-electron chi connectivity index (χ3n) is 2.64. The number of allylic oxidation sites excluding steroid dienone is 6. The van der Waals surface area contributed by atoms with E-state index >= 15 is 0 Å². The summed E-state index contributed by atoms with van der Waals surface area (Å²) in [5, 5.41) is 0. The molecule has 0 aliphatic carbocycles. The van der Waals surface area contributed by atoms with E-state index in [4.69, 9.17) is 9.47 Å². The molecule has 2 unspecified atom stereocenters. The zero-order chi connectivity index (χ0) is 11.7. The van der Waals surface area contributed by atoms with Crippen molar-refractivity contribution in [2.45, 2.75) is 12.2 Å². The number of fused-ring (bicyclic) bond motifs is 4. The lowest BCUT2D eigenvalue weighted by Crippen LogP contribution is -2.18. The van der Waals surface area contributed by atoms with Gasteiger partial charge in [0.2, 0.25) is 0 Å². The van der Waals surface area contributed by atoms with E-state index in [1.807, 2.05) is 54.7 Å². The number of hydrogen-bond donors (Lipinski definition) is 0. The highest BCUT2D eigenvalue weighted by Crippen LogP contribution is 2.29. The van der Waals surface area contributed by atoms with Crippen molar-refractivity contribution in [3.63, 3.8) is 0 Å². The van der Waals surface area contributed by atoms with Crippen molar-refractivity contribution in [1.29, 1.82) is 0 Å². The fraction of sp³-hybridized carbons (Fsp3) is 0.143. The van der Waals surface area contributed by atoms with Crippen LogP contribution in [-0.2, 0) is 9.47 Å². The Bertz CT molecular complexity index is 506. The van der Waals surface area contributed by atoms with Crippen LogP contribution in [0, 0.1) is 0 Å². The van der Waals surface area contributed by atoms with Crippen LogP contribution >= 0.6 is 15.9 Å². The molecule has 86 valence electrons. The van der Waals surface area contributed by atoms with Crippen molar-refractivity contribution in [3.8, 4) is 0 Å². The van der Waals surface area contributed by atoms with E-state index in [1.165, 1.54) is 0 Å². The van der Waals surface area contributed by atoms with E-state index in [9.17, 15) is 0 Å². The Kier molecular flexibility index (Phi) is 2.87. The van der Waals surface area contributed by atoms with Gasteiger partial charge in [-0.05, 0) is 40.2 Å². The second kappa shape index (κ2) is 4.51. The summed E-state index contributed by atoms with van der Waals surface area (Å²) in [7, 11) is 0. The smallest absolute Gasteiger partial charge is 0.140 e. The number of rotatable bonds is 0. The Balaban J connectivity index is 2.07. The maximum absolute atomic E-state index is 5.90. The summed E-state index contributed by atoms with van der Waals surface area (Å²) in [5.74, 6) is 1.59. The second-order valence-electron chi connectivity index (χ2n) is 3.91. The topological polar surface area (TPSA) is 18.5 Å². The molecule has 4 bridgehead atoms. The molecule has 3 heteroatoms. The average Bonchev–Trinajstić information content (AvgIpc) is 2.60. The second-order valence-corrected chi connectivity index (χ2v) is 4.77. The third kappa shape index (κ3) is 2.35. The summed E-state index contributed by atoms with van der Waals surface area (Å²) in [6, 6.07) is 0. The zero-order valence-corrected chi connectivity index (χ0v) is 10.6. The van der Waals surface area contributed by atoms with Crippen molar-refractivity contribution in [1.82, 2.24) is 0 Å². The molecule has 0 aromatic rings. The van der Waals surface area contributed by atoms with Crippen molar-refractivity contribution in [2.24, 2.45) is 0 Å². The Hall–Kier alpha value is -1.32. The normalized spacial score (nSPS) is 36.2. The molecule has 0 spiro atoms. The van der Waals surface area contributed by atoms with E-state index in [0.29, 0.717) is 0 Å². The standard InChI is InChI=1S/C14H11BrO2/c15-13-7-3-6-11-8-10-4-1-2-5-12(16-10)9-14(13)17-11/h1-10,12H/b11-8-,14-9+. The van der Waals surface area contributed by atoms with Gasteiger partial charge in [0.15, 0.2) is 0 Å². The lowest BCUT2D eigenvalue weighted by Gasteiger charge is -2.20. The van der Waals surface area contributed by atoms with Gasteiger partial charge in [-0.1, -0.05) is 30.4 Å². The lowest BCUT2D eigenvalue weighted by atomic mass is 10.2. The Labute approximate surface area is 108 Å². The Morgan fingerprint density at radius 2 is 1.76 bits per heavy atom. The summed E-state index contributed by atoms with van der Waals surface area (Å²) in [4.78, 5) is 0. The molecule has 2 atom stereocenters. The fourth-order valence-corrected chi connectivity index (χ4v) is 2.21. The molecule has 0 saturated heterocycles. The minimum Gasteiger partial charge on any atom is -0.457 e. The summed E-state index contributed by atoms with van der Waals surface area (Å²) < 4.78 is 12.7. The lowest BCUT2D eigenvalue weighted by molar-refractivity contribution is 0.0886. The monoisotopic (exact) mass is 290 g/mol. The fourth-order valence-electron chi connectivity index (χ4n) is 1.84. The first-order chi connectivity index (χ1) is 8.31. The highest BCUT2D eigenvalue weighted by Gasteiger charge is 2.19. The number of halogens is 1. The average molecular weight is 291 g/mol. The number of hydrogen-bond acceptors (Lipinski definition) is 2. The molecular weight excluding hydrogens is 280 g/mol. The van der Waals surface area contributed by atoms with Crippen LogP contribution in [0.15, 0.2) is 70.7 Å². The summed E-state index contributed by atoms with van der Waals surface area (Å²) in [5.41, 5.74) is 0. The van der Waals surface area contributed by atoms with E-state index in [0.717, 1.165) is 16.0 Å². The molecule has 0 fully saturated rings. The molecule has 3 heterocycles. The van der Waals surface area contributed by atoms with Crippen LogP contribution in [0.3, 0.4) is 0 Å². The van der Waals surface area contributed by atoms with Gasteiger partial charge in [0.25, 0.3) is 0 Å². The molecule has 0 aromatic carbocycles. The maximum atomic E-state index is 5.90. The van der Waals surface area contributed by atoms with Gasteiger partial charge in [-0.2, -0.15) is 0 Å². The predicted octanol–water partition coefficient (Wildman–Crippen LogP) is 3.51. The number of ether oxygens (including phenoxy) is 2. The van der Waals surface area contributed by atoms with Gasteiger partial charge in [0.05, 0.1) is 16.7 Å². The zero-order valence-electron chi connectivity index (χ0n) is 9.05. The molecule has 0 saturated carbocycles. The molecule has 17 heavy (non-hydrogen) atoms. The van der Waals surface area contributed by atoms with Crippen LogP contribution in [0.5, 0.6) is 0 Å². The molecule has 0 amide bonds. The molecular formula is C14H11BrO2. The first-order valence-electron chi connectivity index (χ1n) is 5.47. The first-order valence-corrected chi connectivity index (χ1v) is 6.27. The van der Waals surface area contributed by atoms with Crippen LogP contribution in [0.2, 0.25) is 0 Å². The molecule has 0 N–H and O–H groups in total. The largest absolute Gasteiger partial charge is 0.457 e. The maximum Gasteiger partial charge on any atom is 0.140 e. The van der Waals surface area contributed by atoms with Crippen LogP contribution in [0.4, 0.5) is 0 Å². The Morgan fingerprint density at radius 3 is 2.59 bits per heavy atom. The molecule has 2 nitrogen and oxygen atoms in total. The molecule has 3 aliphatic rings. The summed E-state index contributed by atoms with van der Waals surface area (Å²) in [6.45, 7) is 0. The highest BCUT2D eigenvalue weighted by atomic mass is 79.9. The van der Waals surface area contributed by atoms with E-state index < -0.39 is 0 Å². The predicted molar refractivity (Wildman–Crippen MR) is 70.3 cm³/mol. The van der Waals surface area contributed by atoms with Gasteiger partial charge in [-0.3, -0.25) is 0 Å². The molecule has 0 radical (unpaired) electrons. The van der Waals surface area contributed by atoms with Crippen LogP contribution < -0.4 is 0 Å². The molecule has 3 aliphatic heterocycles. The van der Waals surface area contributed by atoms with Gasteiger partial charge in [-0.15, -0.1) is 0 Å². The third-order valence-corrected chi connectivity index (χ3v) is 3.29.